The van der Waals surface area contributed by atoms with E-state index in [4.69, 9.17) is 28.9 Å². The number of pyridine rings is 1. The van der Waals surface area contributed by atoms with Gasteiger partial charge in [0, 0.05) is 15.1 Å². The van der Waals surface area contributed by atoms with Crippen LogP contribution in [0.15, 0.2) is 33.3 Å². The van der Waals surface area contributed by atoms with Gasteiger partial charge in [0.15, 0.2) is 0 Å². The minimum atomic E-state index is -0.670. The zero-order valence-electron chi connectivity index (χ0n) is 11.2. The molecule has 0 unspecified atom stereocenters. The van der Waals surface area contributed by atoms with Gasteiger partial charge in [-0.1, -0.05) is 23.2 Å². The fourth-order valence-corrected chi connectivity index (χ4v) is 2.81. The smallest absolute Gasteiger partial charge is 0.273 e. The van der Waals surface area contributed by atoms with E-state index in [0.717, 1.165) is 0 Å². The summed E-state index contributed by atoms with van der Waals surface area (Å²) in [7, 11) is 0. The average molecular weight is 483 g/mol. The Balaban J connectivity index is 2.15. The molecule has 4 N–H and O–H groups in total. The summed E-state index contributed by atoms with van der Waals surface area (Å²) in [6.07, 6.45) is 1.45. The van der Waals surface area contributed by atoms with Gasteiger partial charge in [0.05, 0.1) is 21.2 Å². The molecular weight excluding hydrogens is 475 g/mol. The van der Waals surface area contributed by atoms with E-state index in [1.54, 1.807) is 6.07 Å². The number of rotatable bonds is 2. The summed E-state index contributed by atoms with van der Waals surface area (Å²) < 4.78 is 1.07. The highest BCUT2D eigenvalue weighted by Gasteiger charge is 2.18. The van der Waals surface area contributed by atoms with E-state index in [1.165, 1.54) is 18.3 Å². The van der Waals surface area contributed by atoms with Gasteiger partial charge in [-0.25, -0.2) is 4.98 Å². The number of amides is 2. The van der Waals surface area contributed by atoms with Crippen LogP contribution < -0.4 is 16.6 Å². The Bertz CT molecular complexity index is 802. The maximum absolute atomic E-state index is 12.2. The Morgan fingerprint density at radius 3 is 2.48 bits per heavy atom. The second kappa shape index (κ2) is 7.48. The van der Waals surface area contributed by atoms with Gasteiger partial charge < -0.3 is 5.73 Å². The zero-order chi connectivity index (χ0) is 17.1. The molecule has 0 bridgehead atoms. The van der Waals surface area contributed by atoms with Crippen molar-refractivity contribution in [2.24, 2.45) is 0 Å². The number of carbonyl (C=O) groups is 2. The number of nitrogens with zero attached hydrogens (tertiary/aromatic N) is 1. The third-order valence-electron chi connectivity index (χ3n) is 2.69. The van der Waals surface area contributed by atoms with Crippen molar-refractivity contribution in [1.29, 1.82) is 0 Å². The summed E-state index contributed by atoms with van der Waals surface area (Å²) in [6, 6.07) is 4.58. The molecule has 23 heavy (non-hydrogen) atoms. The normalized spacial score (nSPS) is 10.3. The standard InChI is InChI=1S/C13H8Br2Cl2N4O2/c14-5-3-6(11(18)19-4-5)12(22)20-21-13(23)9-8(16)2-1-7(15)10(9)17/h1-4H,(H2,18,19)(H,20,22)(H,21,23). The van der Waals surface area contributed by atoms with Crippen molar-refractivity contribution in [2.75, 3.05) is 5.73 Å². The topological polar surface area (TPSA) is 97.1 Å². The number of nitrogen functional groups attached to an aromatic ring is 1. The molecule has 0 atom stereocenters. The molecule has 6 nitrogen and oxygen atoms in total. The highest BCUT2D eigenvalue weighted by atomic mass is 79.9. The molecule has 120 valence electrons. The molecule has 0 radical (unpaired) electrons. The number of hydrazine groups is 1. The SMILES string of the molecule is Nc1ncc(Br)cc1C(=O)NNC(=O)c1c(Cl)ccc(Br)c1Cl. The maximum atomic E-state index is 12.2. The van der Waals surface area contributed by atoms with Gasteiger partial charge >= 0.3 is 0 Å². The van der Waals surface area contributed by atoms with Crippen LogP contribution in [0.25, 0.3) is 0 Å². The van der Waals surface area contributed by atoms with Crippen molar-refractivity contribution < 1.29 is 9.59 Å². The first kappa shape index (κ1) is 18.0. The maximum Gasteiger partial charge on any atom is 0.273 e. The number of hydrogen-bond donors (Lipinski definition) is 3. The van der Waals surface area contributed by atoms with Gasteiger partial charge in [-0.15, -0.1) is 0 Å². The molecule has 10 heteroatoms. The van der Waals surface area contributed by atoms with Crippen LogP contribution in [-0.2, 0) is 0 Å². The van der Waals surface area contributed by atoms with Crippen molar-refractivity contribution in [3.8, 4) is 0 Å². The first-order valence-corrected chi connectivity index (χ1v) is 8.30. The van der Waals surface area contributed by atoms with Crippen molar-refractivity contribution in [2.45, 2.75) is 0 Å². The zero-order valence-corrected chi connectivity index (χ0v) is 15.8. The molecule has 0 saturated carbocycles. The summed E-state index contributed by atoms with van der Waals surface area (Å²) in [5, 5.41) is 0.279. The Labute approximate surface area is 158 Å². The quantitative estimate of drug-likeness (QED) is 0.450. The van der Waals surface area contributed by atoms with Crippen molar-refractivity contribution in [3.63, 3.8) is 0 Å². The minimum Gasteiger partial charge on any atom is -0.383 e. The van der Waals surface area contributed by atoms with E-state index in [0.29, 0.717) is 8.95 Å². The Morgan fingerprint density at radius 2 is 1.78 bits per heavy atom. The Kier molecular flexibility index (Phi) is 5.85. The van der Waals surface area contributed by atoms with Gasteiger partial charge in [0.25, 0.3) is 11.8 Å². The van der Waals surface area contributed by atoms with E-state index in [1.807, 2.05) is 0 Å². The lowest BCUT2D eigenvalue weighted by Gasteiger charge is -2.11. The first-order chi connectivity index (χ1) is 10.8. The van der Waals surface area contributed by atoms with Crippen LogP contribution in [0.5, 0.6) is 0 Å². The van der Waals surface area contributed by atoms with E-state index in [9.17, 15) is 9.59 Å². The number of benzene rings is 1. The molecule has 1 heterocycles. The lowest BCUT2D eigenvalue weighted by molar-refractivity contribution is 0.0847. The summed E-state index contributed by atoms with van der Waals surface area (Å²) in [5.41, 5.74) is 10.2. The predicted molar refractivity (Wildman–Crippen MR) is 95.4 cm³/mol. The van der Waals surface area contributed by atoms with Gasteiger partial charge in [-0.05, 0) is 50.1 Å². The third-order valence-corrected chi connectivity index (χ3v) is 4.72. The number of carbonyl (C=O) groups excluding carboxylic acids is 2. The highest BCUT2D eigenvalue weighted by molar-refractivity contribution is 9.10. The fraction of sp³-hybridized carbons (Fsp3) is 0. The molecule has 2 rings (SSSR count). The summed E-state index contributed by atoms with van der Waals surface area (Å²) in [5.74, 6) is -1.28. The fourth-order valence-electron chi connectivity index (χ4n) is 1.61. The number of anilines is 1. The largest absolute Gasteiger partial charge is 0.383 e. The number of nitrogens with two attached hydrogens (primary N) is 1. The molecule has 2 amide bonds. The van der Waals surface area contributed by atoms with Crippen LogP contribution in [0.3, 0.4) is 0 Å². The minimum absolute atomic E-state index is 0.0264. The van der Waals surface area contributed by atoms with E-state index in [2.05, 4.69) is 47.7 Å². The van der Waals surface area contributed by atoms with Gasteiger partial charge in [0.1, 0.15) is 5.82 Å². The lowest BCUT2D eigenvalue weighted by atomic mass is 10.2. The molecule has 0 aliphatic carbocycles. The molecule has 0 aliphatic heterocycles. The molecule has 0 fully saturated rings. The monoisotopic (exact) mass is 480 g/mol. The van der Waals surface area contributed by atoms with Crippen LogP contribution in [0.4, 0.5) is 5.82 Å². The van der Waals surface area contributed by atoms with Crippen LogP contribution in [0.1, 0.15) is 20.7 Å². The lowest BCUT2D eigenvalue weighted by Crippen LogP contribution is -2.42. The van der Waals surface area contributed by atoms with Crippen LogP contribution in [-0.4, -0.2) is 16.8 Å². The molecule has 0 saturated heterocycles. The number of halogens is 4. The second-order valence-corrected chi connectivity index (χ2v) is 6.77. The van der Waals surface area contributed by atoms with Gasteiger partial charge in [0.2, 0.25) is 0 Å². The van der Waals surface area contributed by atoms with Crippen LogP contribution in [0.2, 0.25) is 10.0 Å². The molecule has 0 spiro atoms. The van der Waals surface area contributed by atoms with Crippen molar-refractivity contribution in [1.82, 2.24) is 15.8 Å². The summed E-state index contributed by atoms with van der Waals surface area (Å²) in [4.78, 5) is 28.0. The number of hydrogen-bond acceptors (Lipinski definition) is 4. The van der Waals surface area contributed by atoms with Crippen LogP contribution >= 0.6 is 55.1 Å². The Hall–Kier alpha value is -1.35. The second-order valence-electron chi connectivity index (χ2n) is 4.21. The predicted octanol–water partition coefficient (Wildman–Crippen LogP) is 3.57. The molecule has 2 aromatic rings. The molecule has 0 aliphatic rings. The molecular formula is C13H8Br2Cl2N4O2. The third kappa shape index (κ3) is 4.14. The van der Waals surface area contributed by atoms with E-state index < -0.39 is 11.8 Å². The summed E-state index contributed by atoms with van der Waals surface area (Å²) >= 11 is 18.4. The van der Waals surface area contributed by atoms with Crippen molar-refractivity contribution in [3.05, 3.63) is 54.5 Å². The first-order valence-electron chi connectivity index (χ1n) is 5.96. The number of aromatic nitrogens is 1. The van der Waals surface area contributed by atoms with E-state index >= 15 is 0 Å². The Morgan fingerprint density at radius 1 is 1.13 bits per heavy atom. The van der Waals surface area contributed by atoms with Crippen LogP contribution in [0, 0.1) is 0 Å². The van der Waals surface area contributed by atoms with Crippen molar-refractivity contribution >= 4 is 72.7 Å². The summed E-state index contributed by atoms with van der Waals surface area (Å²) in [6.45, 7) is 0. The molecule has 1 aromatic carbocycles. The molecule has 1 aromatic heterocycles. The van der Waals surface area contributed by atoms with Gasteiger partial charge in [-0.2, -0.15) is 0 Å². The highest BCUT2D eigenvalue weighted by Crippen LogP contribution is 2.31. The van der Waals surface area contributed by atoms with Gasteiger partial charge in [-0.3, -0.25) is 20.4 Å². The van der Waals surface area contributed by atoms with E-state index in [-0.39, 0.29) is 27.0 Å². The average Bonchev–Trinajstić information content (AvgIpc) is 2.51. The number of nitrogens with one attached hydrogen (secondary N) is 2.